The standard InChI is InChI=1S/C29H28F3NO2/c1-4-7-22(17-27(28(34)35)26-18-24(29(30,31)32)15-10-19(26)3)20-11-13-21(14-12-20)23-8-6-9-25(16-23)33-5-2/h6-18,33H,4-5H2,1-3H3,(H,34,35)/b22-7-,27-17+. The molecule has 0 amide bonds. The molecule has 0 radical (unpaired) electrons. The molecule has 0 atom stereocenters. The van der Waals surface area contributed by atoms with Crippen molar-refractivity contribution in [2.45, 2.75) is 33.4 Å². The van der Waals surface area contributed by atoms with Gasteiger partial charge in [0.25, 0.3) is 0 Å². The first-order valence-corrected chi connectivity index (χ1v) is 11.4. The summed E-state index contributed by atoms with van der Waals surface area (Å²) in [5, 5.41) is 13.2. The predicted octanol–water partition coefficient (Wildman–Crippen LogP) is 8.07. The minimum atomic E-state index is -4.56. The number of alkyl halides is 3. The highest BCUT2D eigenvalue weighted by Gasteiger charge is 2.31. The maximum absolute atomic E-state index is 13.3. The Balaban J connectivity index is 2.03. The van der Waals surface area contributed by atoms with Crippen LogP contribution in [0.2, 0.25) is 0 Å². The molecule has 182 valence electrons. The minimum Gasteiger partial charge on any atom is -0.478 e. The monoisotopic (exact) mass is 479 g/mol. The van der Waals surface area contributed by atoms with Gasteiger partial charge in [-0.3, -0.25) is 0 Å². The average Bonchev–Trinajstić information content (AvgIpc) is 2.82. The molecular formula is C29H28F3NO2. The Kier molecular flexibility index (Phi) is 8.18. The summed E-state index contributed by atoms with van der Waals surface area (Å²) in [5.41, 5.74) is 3.91. The molecule has 0 aliphatic carbocycles. The summed E-state index contributed by atoms with van der Waals surface area (Å²) in [6.07, 6.45) is -0.609. The van der Waals surface area contributed by atoms with E-state index in [1.165, 1.54) is 12.1 Å². The number of aliphatic carboxylic acids is 1. The Morgan fingerprint density at radius 3 is 2.29 bits per heavy atom. The van der Waals surface area contributed by atoms with Gasteiger partial charge < -0.3 is 10.4 Å². The molecule has 0 spiro atoms. The summed E-state index contributed by atoms with van der Waals surface area (Å²) >= 11 is 0. The van der Waals surface area contributed by atoms with Crippen molar-refractivity contribution < 1.29 is 23.1 Å². The molecule has 0 saturated heterocycles. The molecule has 6 heteroatoms. The number of hydrogen-bond donors (Lipinski definition) is 2. The molecule has 0 aromatic heterocycles. The van der Waals surface area contributed by atoms with E-state index in [1.807, 2.05) is 62.4 Å². The number of carbonyl (C=O) groups is 1. The molecular weight excluding hydrogens is 451 g/mol. The van der Waals surface area contributed by atoms with E-state index in [0.29, 0.717) is 17.6 Å². The molecule has 35 heavy (non-hydrogen) atoms. The van der Waals surface area contributed by atoms with Crippen molar-refractivity contribution in [3.8, 4) is 11.1 Å². The zero-order valence-electron chi connectivity index (χ0n) is 19.9. The molecule has 0 unspecified atom stereocenters. The predicted molar refractivity (Wildman–Crippen MR) is 136 cm³/mol. The molecule has 0 aliphatic rings. The van der Waals surface area contributed by atoms with Crippen LogP contribution in [-0.4, -0.2) is 17.6 Å². The zero-order chi connectivity index (χ0) is 25.6. The maximum Gasteiger partial charge on any atom is 0.416 e. The van der Waals surface area contributed by atoms with E-state index < -0.39 is 17.7 Å². The molecule has 3 aromatic carbocycles. The summed E-state index contributed by atoms with van der Waals surface area (Å²) in [4.78, 5) is 12.1. The summed E-state index contributed by atoms with van der Waals surface area (Å²) in [6.45, 7) is 6.37. The highest BCUT2D eigenvalue weighted by molar-refractivity contribution is 6.18. The number of aryl methyl sites for hydroxylation is 1. The Morgan fingerprint density at radius 2 is 1.69 bits per heavy atom. The molecule has 2 N–H and O–H groups in total. The number of hydrogen-bond acceptors (Lipinski definition) is 2. The molecule has 3 nitrogen and oxygen atoms in total. The Bertz CT molecular complexity index is 1260. The molecule has 3 aromatic rings. The number of anilines is 1. The van der Waals surface area contributed by atoms with Gasteiger partial charge in [-0.2, -0.15) is 13.2 Å². The second kappa shape index (κ2) is 11.1. The van der Waals surface area contributed by atoms with Gasteiger partial charge in [0.05, 0.1) is 11.1 Å². The average molecular weight is 480 g/mol. The van der Waals surface area contributed by atoms with Gasteiger partial charge in [-0.05, 0) is 84.0 Å². The smallest absolute Gasteiger partial charge is 0.416 e. The molecule has 0 fully saturated rings. The van der Waals surface area contributed by atoms with Gasteiger partial charge in [0.15, 0.2) is 0 Å². The van der Waals surface area contributed by atoms with E-state index in [0.717, 1.165) is 41.1 Å². The van der Waals surface area contributed by atoms with Gasteiger partial charge >= 0.3 is 12.1 Å². The lowest BCUT2D eigenvalue weighted by Crippen LogP contribution is -2.08. The van der Waals surface area contributed by atoms with Crippen molar-refractivity contribution in [3.05, 3.63) is 101 Å². The largest absolute Gasteiger partial charge is 0.478 e. The lowest BCUT2D eigenvalue weighted by Gasteiger charge is -2.13. The number of carboxylic acids is 1. The molecule has 0 aliphatic heterocycles. The van der Waals surface area contributed by atoms with Crippen LogP contribution in [0, 0.1) is 6.92 Å². The summed E-state index contributed by atoms with van der Waals surface area (Å²) in [5.74, 6) is -1.29. The van der Waals surface area contributed by atoms with E-state index in [2.05, 4.69) is 11.4 Å². The highest BCUT2D eigenvalue weighted by atomic mass is 19.4. The second-order valence-corrected chi connectivity index (χ2v) is 8.15. The van der Waals surface area contributed by atoms with Crippen LogP contribution in [0.5, 0.6) is 0 Å². The van der Waals surface area contributed by atoms with Gasteiger partial charge in [-0.15, -0.1) is 0 Å². The van der Waals surface area contributed by atoms with Crippen molar-refractivity contribution in [3.63, 3.8) is 0 Å². The fourth-order valence-corrected chi connectivity index (χ4v) is 3.85. The topological polar surface area (TPSA) is 49.3 Å². The van der Waals surface area contributed by atoms with Gasteiger partial charge in [0.2, 0.25) is 0 Å². The fraction of sp³-hybridized carbons (Fsp3) is 0.207. The van der Waals surface area contributed by atoms with E-state index >= 15 is 0 Å². The van der Waals surface area contributed by atoms with Crippen LogP contribution in [-0.2, 0) is 11.0 Å². The summed E-state index contributed by atoms with van der Waals surface area (Å²) < 4.78 is 39.8. The van der Waals surface area contributed by atoms with E-state index in [1.54, 1.807) is 6.92 Å². The molecule has 0 heterocycles. The fourth-order valence-electron chi connectivity index (χ4n) is 3.85. The number of halogens is 3. The normalized spacial score (nSPS) is 12.5. The van der Waals surface area contributed by atoms with Crippen molar-refractivity contribution in [1.29, 1.82) is 0 Å². The van der Waals surface area contributed by atoms with Crippen LogP contribution in [0.3, 0.4) is 0 Å². The minimum absolute atomic E-state index is 0.0474. The number of allylic oxidation sites excluding steroid dienone is 3. The van der Waals surface area contributed by atoms with Gasteiger partial charge in [-0.1, -0.05) is 55.5 Å². The maximum atomic E-state index is 13.3. The van der Waals surface area contributed by atoms with Crippen LogP contribution in [0.15, 0.2) is 78.9 Å². The molecule has 3 rings (SSSR count). The van der Waals surface area contributed by atoms with Crippen LogP contribution in [0.25, 0.3) is 22.3 Å². The Hall–Kier alpha value is -3.80. The van der Waals surface area contributed by atoms with E-state index in [9.17, 15) is 23.1 Å². The number of nitrogens with one attached hydrogen (secondary N) is 1. The third-order valence-corrected chi connectivity index (χ3v) is 5.60. The highest BCUT2D eigenvalue weighted by Crippen LogP contribution is 2.34. The zero-order valence-corrected chi connectivity index (χ0v) is 19.9. The first kappa shape index (κ1) is 25.8. The van der Waals surface area contributed by atoms with Crippen molar-refractivity contribution in [2.75, 3.05) is 11.9 Å². The van der Waals surface area contributed by atoms with Crippen molar-refractivity contribution >= 4 is 22.8 Å². The van der Waals surface area contributed by atoms with Gasteiger partial charge in [0.1, 0.15) is 0 Å². The first-order valence-electron chi connectivity index (χ1n) is 11.4. The number of benzene rings is 3. The quantitative estimate of drug-likeness (QED) is 0.254. The SMILES string of the molecule is CC/C=C(/C=C(/C(=O)O)c1cc(C(F)(F)F)ccc1C)c1ccc(-c2cccc(NCC)c2)cc1. The van der Waals surface area contributed by atoms with Gasteiger partial charge in [0, 0.05) is 12.2 Å². The molecule has 0 bridgehead atoms. The Labute approximate surface area is 203 Å². The number of rotatable bonds is 8. The van der Waals surface area contributed by atoms with Crippen LogP contribution < -0.4 is 5.32 Å². The van der Waals surface area contributed by atoms with E-state index in [4.69, 9.17) is 0 Å². The van der Waals surface area contributed by atoms with Gasteiger partial charge in [-0.25, -0.2) is 4.79 Å². The molecule has 0 saturated carbocycles. The first-order chi connectivity index (χ1) is 16.6. The van der Waals surface area contributed by atoms with Crippen LogP contribution >= 0.6 is 0 Å². The lowest BCUT2D eigenvalue weighted by atomic mass is 9.93. The Morgan fingerprint density at radius 1 is 0.971 bits per heavy atom. The van der Waals surface area contributed by atoms with Crippen molar-refractivity contribution in [1.82, 2.24) is 0 Å². The third kappa shape index (κ3) is 6.41. The second-order valence-electron chi connectivity index (χ2n) is 8.15. The van der Waals surface area contributed by atoms with Crippen molar-refractivity contribution in [2.24, 2.45) is 0 Å². The summed E-state index contributed by atoms with van der Waals surface area (Å²) in [6, 6.07) is 18.9. The third-order valence-electron chi connectivity index (χ3n) is 5.60. The lowest BCUT2D eigenvalue weighted by molar-refractivity contribution is -0.137. The van der Waals surface area contributed by atoms with Crippen LogP contribution in [0.1, 0.15) is 42.5 Å². The van der Waals surface area contributed by atoms with E-state index in [-0.39, 0.29) is 11.1 Å². The number of carboxylic acid groups (broad SMARTS) is 1. The summed E-state index contributed by atoms with van der Waals surface area (Å²) in [7, 11) is 0. The van der Waals surface area contributed by atoms with Crippen LogP contribution in [0.4, 0.5) is 18.9 Å².